The maximum Gasteiger partial charge on any atom is 0.102 e. The van der Waals surface area contributed by atoms with Gasteiger partial charge >= 0.3 is 0 Å². The third-order valence-corrected chi connectivity index (χ3v) is 2.69. The summed E-state index contributed by atoms with van der Waals surface area (Å²) in [4.78, 5) is 2.38. The Morgan fingerprint density at radius 2 is 1.93 bits per heavy atom. The van der Waals surface area contributed by atoms with Crippen LogP contribution in [0, 0.1) is 0 Å². The summed E-state index contributed by atoms with van der Waals surface area (Å²) < 4.78 is 5.34. The van der Waals surface area contributed by atoms with E-state index in [0.29, 0.717) is 6.61 Å². The minimum absolute atomic E-state index is 0.157. The van der Waals surface area contributed by atoms with Crippen LogP contribution < -0.4 is 5.73 Å². The number of rotatable bonds is 4. The molecule has 0 saturated carbocycles. The van der Waals surface area contributed by atoms with Crippen LogP contribution in [-0.2, 0) is 17.8 Å². The second-order valence-electron chi connectivity index (χ2n) is 4.06. The monoisotopic (exact) mass is 206 g/mol. The van der Waals surface area contributed by atoms with Crippen LogP contribution in [0.15, 0.2) is 24.3 Å². The van der Waals surface area contributed by atoms with Crippen molar-refractivity contribution in [3.63, 3.8) is 0 Å². The first-order chi connectivity index (χ1) is 7.25. The van der Waals surface area contributed by atoms with E-state index in [2.05, 4.69) is 29.2 Å². The summed E-state index contributed by atoms with van der Waals surface area (Å²) in [7, 11) is 0. The fourth-order valence-corrected chi connectivity index (χ4v) is 1.93. The minimum Gasteiger partial charge on any atom is -0.363 e. The molecule has 1 unspecified atom stereocenters. The van der Waals surface area contributed by atoms with Crippen LogP contribution >= 0.6 is 0 Å². The Bertz CT molecular complexity index is 300. The van der Waals surface area contributed by atoms with Crippen molar-refractivity contribution in [3.8, 4) is 0 Å². The molecule has 82 valence electrons. The molecule has 1 aromatic carbocycles. The molecule has 2 N–H and O–H groups in total. The number of benzene rings is 1. The van der Waals surface area contributed by atoms with Crippen molar-refractivity contribution in [1.82, 2.24) is 4.90 Å². The molecule has 0 amide bonds. The predicted octanol–water partition coefficient (Wildman–Crippen LogP) is 1.32. The molecule has 15 heavy (non-hydrogen) atoms. The summed E-state index contributed by atoms with van der Waals surface area (Å²) in [6.07, 6.45) is -0.157. The zero-order valence-electron chi connectivity index (χ0n) is 9.15. The maximum absolute atomic E-state index is 5.52. The zero-order chi connectivity index (χ0) is 10.7. The summed E-state index contributed by atoms with van der Waals surface area (Å²) in [5.41, 5.74) is 8.41. The average molecular weight is 206 g/mol. The van der Waals surface area contributed by atoms with Gasteiger partial charge in [0.25, 0.3) is 0 Å². The van der Waals surface area contributed by atoms with Crippen molar-refractivity contribution >= 4 is 0 Å². The van der Waals surface area contributed by atoms with E-state index in [-0.39, 0.29) is 6.23 Å². The normalized spacial score (nSPS) is 17.7. The SMILES string of the molecule is CC(N)OCCN1Cc2ccccc2C1. The Morgan fingerprint density at radius 3 is 2.47 bits per heavy atom. The smallest absolute Gasteiger partial charge is 0.102 e. The van der Waals surface area contributed by atoms with Gasteiger partial charge < -0.3 is 10.5 Å². The fraction of sp³-hybridized carbons (Fsp3) is 0.500. The first kappa shape index (κ1) is 10.6. The summed E-state index contributed by atoms with van der Waals surface area (Å²) in [5.74, 6) is 0. The topological polar surface area (TPSA) is 38.5 Å². The second-order valence-corrected chi connectivity index (χ2v) is 4.06. The van der Waals surface area contributed by atoms with Gasteiger partial charge in [-0.3, -0.25) is 4.90 Å². The van der Waals surface area contributed by atoms with Gasteiger partial charge in [-0.15, -0.1) is 0 Å². The first-order valence-corrected chi connectivity index (χ1v) is 5.42. The molecule has 0 aromatic heterocycles. The number of hydrogen-bond acceptors (Lipinski definition) is 3. The van der Waals surface area contributed by atoms with E-state index in [1.54, 1.807) is 0 Å². The molecule has 0 radical (unpaired) electrons. The molecule has 3 nitrogen and oxygen atoms in total. The highest BCUT2D eigenvalue weighted by Crippen LogP contribution is 2.21. The first-order valence-electron chi connectivity index (χ1n) is 5.42. The fourth-order valence-electron chi connectivity index (χ4n) is 1.93. The van der Waals surface area contributed by atoms with Crippen molar-refractivity contribution in [2.75, 3.05) is 13.2 Å². The van der Waals surface area contributed by atoms with Gasteiger partial charge in [0, 0.05) is 19.6 Å². The lowest BCUT2D eigenvalue weighted by atomic mass is 10.1. The molecule has 1 heterocycles. The Balaban J connectivity index is 1.80. The molecule has 3 heteroatoms. The summed E-state index contributed by atoms with van der Waals surface area (Å²) in [5, 5.41) is 0. The number of nitrogens with two attached hydrogens (primary N) is 1. The Hall–Kier alpha value is -0.900. The highest BCUT2D eigenvalue weighted by atomic mass is 16.5. The number of hydrogen-bond donors (Lipinski definition) is 1. The maximum atomic E-state index is 5.52. The Kier molecular flexibility index (Phi) is 3.36. The largest absolute Gasteiger partial charge is 0.363 e. The van der Waals surface area contributed by atoms with E-state index >= 15 is 0 Å². The van der Waals surface area contributed by atoms with Crippen LogP contribution in [-0.4, -0.2) is 24.3 Å². The summed E-state index contributed by atoms with van der Waals surface area (Å²) >= 11 is 0. The van der Waals surface area contributed by atoms with Gasteiger partial charge in [0.2, 0.25) is 0 Å². The predicted molar refractivity (Wildman–Crippen MR) is 60.2 cm³/mol. The molecule has 1 atom stereocenters. The van der Waals surface area contributed by atoms with Crippen LogP contribution in [0.4, 0.5) is 0 Å². The van der Waals surface area contributed by atoms with Crippen LogP contribution in [0.5, 0.6) is 0 Å². The van der Waals surface area contributed by atoms with E-state index in [1.165, 1.54) is 11.1 Å². The molecule has 0 spiro atoms. The van der Waals surface area contributed by atoms with Gasteiger partial charge in [-0.1, -0.05) is 24.3 Å². The number of fused-ring (bicyclic) bond motifs is 1. The Morgan fingerprint density at radius 1 is 1.33 bits per heavy atom. The van der Waals surface area contributed by atoms with Gasteiger partial charge in [0.1, 0.15) is 6.23 Å². The van der Waals surface area contributed by atoms with Crippen molar-refractivity contribution in [3.05, 3.63) is 35.4 Å². The van der Waals surface area contributed by atoms with E-state index in [0.717, 1.165) is 19.6 Å². The van der Waals surface area contributed by atoms with E-state index < -0.39 is 0 Å². The van der Waals surface area contributed by atoms with Crippen LogP contribution in [0.2, 0.25) is 0 Å². The molecule has 0 fully saturated rings. The van der Waals surface area contributed by atoms with Gasteiger partial charge in [0.05, 0.1) is 6.61 Å². The van der Waals surface area contributed by atoms with E-state index in [1.807, 2.05) is 6.92 Å². The third kappa shape index (κ3) is 2.78. The number of ether oxygens (including phenoxy) is 1. The molecule has 2 rings (SSSR count). The lowest BCUT2D eigenvalue weighted by molar-refractivity contribution is 0.0516. The second kappa shape index (κ2) is 4.75. The average Bonchev–Trinajstić information content (AvgIpc) is 2.59. The molecule has 1 aromatic rings. The van der Waals surface area contributed by atoms with Crippen LogP contribution in [0.3, 0.4) is 0 Å². The van der Waals surface area contributed by atoms with E-state index in [4.69, 9.17) is 10.5 Å². The van der Waals surface area contributed by atoms with Crippen LogP contribution in [0.25, 0.3) is 0 Å². The van der Waals surface area contributed by atoms with Gasteiger partial charge in [-0.05, 0) is 18.1 Å². The molecule has 0 saturated heterocycles. The number of nitrogens with zero attached hydrogens (tertiary/aromatic N) is 1. The quantitative estimate of drug-likeness (QED) is 0.755. The van der Waals surface area contributed by atoms with Gasteiger partial charge in [0.15, 0.2) is 0 Å². The van der Waals surface area contributed by atoms with Crippen molar-refractivity contribution in [1.29, 1.82) is 0 Å². The highest BCUT2D eigenvalue weighted by Gasteiger charge is 2.17. The molecule has 0 aliphatic carbocycles. The molecule has 1 aliphatic heterocycles. The molecular weight excluding hydrogens is 188 g/mol. The zero-order valence-corrected chi connectivity index (χ0v) is 9.15. The molecular formula is C12H18N2O. The molecule has 0 bridgehead atoms. The van der Waals surface area contributed by atoms with Gasteiger partial charge in [-0.25, -0.2) is 0 Å². The van der Waals surface area contributed by atoms with Gasteiger partial charge in [-0.2, -0.15) is 0 Å². The highest BCUT2D eigenvalue weighted by molar-refractivity contribution is 5.30. The molecule has 1 aliphatic rings. The van der Waals surface area contributed by atoms with E-state index in [9.17, 15) is 0 Å². The summed E-state index contributed by atoms with van der Waals surface area (Å²) in [6.45, 7) is 5.61. The Labute approximate surface area is 90.8 Å². The van der Waals surface area contributed by atoms with Crippen molar-refractivity contribution in [2.24, 2.45) is 5.73 Å². The summed E-state index contributed by atoms with van der Waals surface area (Å²) in [6, 6.07) is 8.59. The minimum atomic E-state index is -0.157. The lowest BCUT2D eigenvalue weighted by Crippen LogP contribution is -2.27. The van der Waals surface area contributed by atoms with Crippen molar-refractivity contribution < 1.29 is 4.74 Å². The van der Waals surface area contributed by atoms with Crippen LogP contribution in [0.1, 0.15) is 18.1 Å². The lowest BCUT2D eigenvalue weighted by Gasteiger charge is -2.15. The third-order valence-electron chi connectivity index (χ3n) is 2.69. The standard InChI is InChI=1S/C12H18N2O/c1-10(13)15-7-6-14-8-11-4-2-3-5-12(11)9-14/h2-5,10H,6-9,13H2,1H3. The van der Waals surface area contributed by atoms with Crippen molar-refractivity contribution in [2.45, 2.75) is 26.2 Å².